The topological polar surface area (TPSA) is 32.3 Å². The molecule has 20 heavy (non-hydrogen) atoms. The maximum Gasteiger partial charge on any atom is 0.0772 e. The summed E-state index contributed by atoms with van der Waals surface area (Å²) in [5.74, 6) is 0.770. The van der Waals surface area contributed by atoms with Crippen LogP contribution in [0.2, 0.25) is 0 Å². The Hall–Kier alpha value is -0.860. The minimum absolute atomic E-state index is 0.290. The predicted molar refractivity (Wildman–Crippen MR) is 84.9 cm³/mol. The highest BCUT2D eigenvalue weighted by molar-refractivity contribution is 5.32. The van der Waals surface area contributed by atoms with Crippen molar-refractivity contribution >= 4 is 0 Å². The van der Waals surface area contributed by atoms with Gasteiger partial charge in [0, 0.05) is 12.6 Å². The smallest absolute Gasteiger partial charge is 0.0772 e. The third-order valence-electron chi connectivity index (χ3n) is 4.84. The summed E-state index contributed by atoms with van der Waals surface area (Å²) >= 11 is 0. The molecule has 112 valence electrons. The summed E-state index contributed by atoms with van der Waals surface area (Å²) < 4.78 is 0. The van der Waals surface area contributed by atoms with Crippen LogP contribution in [0.25, 0.3) is 0 Å². The van der Waals surface area contributed by atoms with E-state index in [-0.39, 0.29) is 0 Å². The first-order valence-corrected chi connectivity index (χ1v) is 7.92. The molecular weight excluding hydrogens is 246 g/mol. The molecular formula is C18H29NO. The predicted octanol–water partition coefficient (Wildman–Crippen LogP) is 3.90. The lowest BCUT2D eigenvalue weighted by Crippen LogP contribution is -2.44. The first kappa shape index (κ1) is 15.5. The van der Waals surface area contributed by atoms with Gasteiger partial charge < -0.3 is 10.4 Å². The Labute approximate surface area is 123 Å². The molecule has 2 N–H and O–H groups in total. The normalized spacial score (nSPS) is 28.4. The Balaban J connectivity index is 1.95. The van der Waals surface area contributed by atoms with Crippen LogP contribution in [0.5, 0.6) is 0 Å². The Morgan fingerprint density at radius 3 is 2.60 bits per heavy atom. The van der Waals surface area contributed by atoms with Crippen molar-refractivity contribution in [2.45, 2.75) is 65.0 Å². The zero-order chi connectivity index (χ0) is 14.8. The molecule has 1 fully saturated rings. The van der Waals surface area contributed by atoms with Gasteiger partial charge in [0.05, 0.1) is 5.60 Å². The van der Waals surface area contributed by atoms with E-state index in [9.17, 15) is 5.11 Å². The Bertz CT molecular complexity index is 447. The molecule has 0 saturated heterocycles. The first-order chi connectivity index (χ1) is 9.39. The van der Waals surface area contributed by atoms with Crippen molar-refractivity contribution in [3.63, 3.8) is 0 Å². The number of aliphatic hydroxyl groups is 1. The number of nitrogens with one attached hydrogen (secondary N) is 1. The Morgan fingerprint density at radius 2 is 1.95 bits per heavy atom. The molecule has 1 unspecified atom stereocenters. The van der Waals surface area contributed by atoms with E-state index in [1.54, 1.807) is 0 Å². The fourth-order valence-electron chi connectivity index (χ4n) is 3.16. The van der Waals surface area contributed by atoms with E-state index in [1.807, 2.05) is 0 Å². The summed E-state index contributed by atoms with van der Waals surface area (Å²) in [5.41, 5.74) is 3.46. The van der Waals surface area contributed by atoms with Crippen molar-refractivity contribution in [2.75, 3.05) is 6.54 Å². The van der Waals surface area contributed by atoms with E-state index in [4.69, 9.17) is 0 Å². The number of benzene rings is 1. The van der Waals surface area contributed by atoms with Crippen LogP contribution in [0.3, 0.4) is 0 Å². The maximum atomic E-state index is 10.6. The van der Waals surface area contributed by atoms with Crippen LogP contribution in [0.15, 0.2) is 18.2 Å². The summed E-state index contributed by atoms with van der Waals surface area (Å²) in [7, 11) is 0. The summed E-state index contributed by atoms with van der Waals surface area (Å²) in [4.78, 5) is 0. The van der Waals surface area contributed by atoms with Gasteiger partial charge >= 0.3 is 0 Å². The van der Waals surface area contributed by atoms with Crippen LogP contribution in [-0.4, -0.2) is 17.3 Å². The second-order valence-electron chi connectivity index (χ2n) is 6.87. The van der Waals surface area contributed by atoms with Gasteiger partial charge in [-0.25, -0.2) is 0 Å². The molecule has 1 aromatic rings. The summed E-state index contributed by atoms with van der Waals surface area (Å²) in [6.45, 7) is 9.46. The Kier molecular flexibility index (Phi) is 4.87. The highest BCUT2D eigenvalue weighted by Crippen LogP contribution is 2.32. The molecule has 0 amide bonds. The van der Waals surface area contributed by atoms with Gasteiger partial charge in [-0.1, -0.05) is 30.7 Å². The molecule has 0 radical (unpaired) electrons. The molecule has 0 spiro atoms. The Morgan fingerprint density at radius 1 is 1.30 bits per heavy atom. The minimum Gasteiger partial charge on any atom is -0.389 e. The third kappa shape index (κ3) is 3.83. The van der Waals surface area contributed by atoms with Crippen molar-refractivity contribution < 1.29 is 5.11 Å². The van der Waals surface area contributed by atoms with Crippen LogP contribution >= 0.6 is 0 Å². The van der Waals surface area contributed by atoms with Gasteiger partial charge in [0.15, 0.2) is 0 Å². The van der Waals surface area contributed by atoms with Gasteiger partial charge in [-0.3, -0.25) is 0 Å². The standard InChI is InChI=1S/C18H29NO/c1-13-7-9-18(20,10-8-13)12-19-16(4)17-11-14(2)5-6-15(17)3/h5-6,11,13,16,19-20H,7-10,12H2,1-4H3. The molecule has 2 nitrogen and oxygen atoms in total. The molecule has 2 heteroatoms. The summed E-state index contributed by atoms with van der Waals surface area (Å²) in [6.07, 6.45) is 4.16. The average molecular weight is 275 g/mol. The van der Waals surface area contributed by atoms with Crippen LogP contribution in [0, 0.1) is 19.8 Å². The minimum atomic E-state index is -0.501. The van der Waals surface area contributed by atoms with E-state index in [1.165, 1.54) is 16.7 Å². The van der Waals surface area contributed by atoms with Gasteiger partial charge in [-0.15, -0.1) is 0 Å². The lowest BCUT2D eigenvalue weighted by atomic mass is 9.79. The zero-order valence-corrected chi connectivity index (χ0v) is 13.4. The summed E-state index contributed by atoms with van der Waals surface area (Å²) in [5, 5.41) is 14.2. The van der Waals surface area contributed by atoms with Crippen molar-refractivity contribution in [3.05, 3.63) is 34.9 Å². The van der Waals surface area contributed by atoms with Crippen LogP contribution in [-0.2, 0) is 0 Å². The second-order valence-corrected chi connectivity index (χ2v) is 6.87. The van der Waals surface area contributed by atoms with Crippen molar-refractivity contribution in [2.24, 2.45) is 5.92 Å². The van der Waals surface area contributed by atoms with Gasteiger partial charge in [0.1, 0.15) is 0 Å². The van der Waals surface area contributed by atoms with Gasteiger partial charge in [0.25, 0.3) is 0 Å². The number of hydrogen-bond donors (Lipinski definition) is 2. The van der Waals surface area contributed by atoms with E-state index >= 15 is 0 Å². The highest BCUT2D eigenvalue weighted by atomic mass is 16.3. The monoisotopic (exact) mass is 275 g/mol. The molecule has 1 saturated carbocycles. The van der Waals surface area contributed by atoms with Gasteiger partial charge in [-0.2, -0.15) is 0 Å². The fraction of sp³-hybridized carbons (Fsp3) is 0.667. The molecule has 1 aliphatic carbocycles. The number of aryl methyl sites for hydroxylation is 2. The second kappa shape index (κ2) is 6.28. The lowest BCUT2D eigenvalue weighted by Gasteiger charge is -2.36. The zero-order valence-electron chi connectivity index (χ0n) is 13.4. The van der Waals surface area contributed by atoms with Gasteiger partial charge in [0.2, 0.25) is 0 Å². The largest absolute Gasteiger partial charge is 0.389 e. The van der Waals surface area contributed by atoms with Crippen molar-refractivity contribution in [3.8, 4) is 0 Å². The molecule has 0 aromatic heterocycles. The number of rotatable bonds is 4. The van der Waals surface area contributed by atoms with Crippen molar-refractivity contribution in [1.29, 1.82) is 0 Å². The fourth-order valence-corrected chi connectivity index (χ4v) is 3.16. The number of hydrogen-bond acceptors (Lipinski definition) is 2. The molecule has 1 atom stereocenters. The molecule has 0 aliphatic heterocycles. The van der Waals surface area contributed by atoms with E-state index in [0.29, 0.717) is 12.6 Å². The molecule has 2 rings (SSSR count). The van der Waals surface area contributed by atoms with E-state index in [0.717, 1.165) is 31.6 Å². The van der Waals surface area contributed by atoms with E-state index < -0.39 is 5.60 Å². The lowest BCUT2D eigenvalue weighted by molar-refractivity contribution is -0.00785. The van der Waals surface area contributed by atoms with Crippen molar-refractivity contribution in [1.82, 2.24) is 5.32 Å². The molecule has 0 bridgehead atoms. The maximum absolute atomic E-state index is 10.6. The first-order valence-electron chi connectivity index (χ1n) is 7.92. The molecule has 1 aromatic carbocycles. The highest BCUT2D eigenvalue weighted by Gasteiger charge is 2.31. The molecule has 1 aliphatic rings. The van der Waals surface area contributed by atoms with Crippen LogP contribution < -0.4 is 5.32 Å². The third-order valence-corrected chi connectivity index (χ3v) is 4.84. The summed E-state index contributed by atoms with van der Waals surface area (Å²) in [6, 6.07) is 6.87. The average Bonchev–Trinajstić information content (AvgIpc) is 2.43. The quantitative estimate of drug-likeness (QED) is 0.873. The van der Waals surface area contributed by atoms with Gasteiger partial charge in [-0.05, 0) is 63.5 Å². The van der Waals surface area contributed by atoms with Crippen LogP contribution in [0.4, 0.5) is 0 Å². The van der Waals surface area contributed by atoms with Crippen LogP contribution in [0.1, 0.15) is 62.3 Å². The molecule has 0 heterocycles. The SMILES string of the molecule is Cc1ccc(C)c(C(C)NCC2(O)CCC(C)CC2)c1. The van der Waals surface area contributed by atoms with E-state index in [2.05, 4.69) is 51.2 Å².